The molecule has 0 atom stereocenters. The highest BCUT2D eigenvalue weighted by molar-refractivity contribution is 6.20. The van der Waals surface area contributed by atoms with Gasteiger partial charge in [-0.25, -0.2) is 4.98 Å². The van der Waals surface area contributed by atoms with E-state index in [9.17, 15) is 0 Å². The van der Waals surface area contributed by atoms with E-state index in [1.165, 1.54) is 27.8 Å². The number of para-hydroxylation sites is 2. The third-order valence-electron chi connectivity index (χ3n) is 11.5. The van der Waals surface area contributed by atoms with E-state index in [1.54, 1.807) is 0 Å². The maximum Gasteiger partial charge on any atom is 0.137 e. The third-order valence-corrected chi connectivity index (χ3v) is 11.5. The fourth-order valence-corrected chi connectivity index (χ4v) is 8.15. The van der Waals surface area contributed by atoms with E-state index < -0.39 is 0 Å². The van der Waals surface area contributed by atoms with E-state index in [0.29, 0.717) is 6.67 Å². The number of benzene rings is 5. The van der Waals surface area contributed by atoms with Gasteiger partial charge in [-0.3, -0.25) is 4.57 Å². The Morgan fingerprint density at radius 3 is 1.83 bits per heavy atom. The average Bonchev–Trinajstić information content (AvgIpc) is 3.90. The van der Waals surface area contributed by atoms with Gasteiger partial charge < -0.3 is 19.1 Å². The van der Waals surface area contributed by atoms with Gasteiger partial charge in [-0.1, -0.05) is 111 Å². The molecule has 0 aliphatic carbocycles. The van der Waals surface area contributed by atoms with Gasteiger partial charge in [-0.05, 0) is 99.7 Å². The number of pyridine rings is 1. The monoisotopic (exact) mass is 763 g/mol. The first-order valence-electron chi connectivity index (χ1n) is 20.4. The van der Waals surface area contributed by atoms with Gasteiger partial charge in [-0.2, -0.15) is 0 Å². The van der Waals surface area contributed by atoms with Crippen LogP contribution in [0, 0.1) is 0 Å². The quantitative estimate of drug-likeness (QED) is 0.169. The Bertz CT molecular complexity index is 2860. The average molecular weight is 764 g/mol. The molecule has 0 radical (unpaired) electrons. The summed E-state index contributed by atoms with van der Waals surface area (Å²) in [5.74, 6) is 2.46. The number of fused-ring (bicyclic) bond motifs is 5. The van der Waals surface area contributed by atoms with Gasteiger partial charge in [0.1, 0.15) is 17.3 Å². The summed E-state index contributed by atoms with van der Waals surface area (Å²) in [6, 6.07) is 45.8. The molecular formula is C52H53N5O. The van der Waals surface area contributed by atoms with Crippen LogP contribution in [-0.2, 0) is 16.2 Å². The van der Waals surface area contributed by atoms with Gasteiger partial charge in [0.2, 0.25) is 0 Å². The number of hydrogen-bond acceptors (Lipinski definition) is 4. The van der Waals surface area contributed by atoms with E-state index in [1.807, 2.05) is 6.20 Å². The van der Waals surface area contributed by atoms with Crippen LogP contribution in [0.5, 0.6) is 11.5 Å². The molecule has 9 rings (SSSR count). The zero-order chi connectivity index (χ0) is 40.6. The molecule has 1 aliphatic heterocycles. The van der Waals surface area contributed by atoms with Crippen molar-refractivity contribution in [3.8, 4) is 23.0 Å². The Morgan fingerprint density at radius 1 is 0.466 bits per heavy atom. The lowest BCUT2D eigenvalue weighted by atomic mass is 9.86. The number of nitrogens with zero attached hydrogens (tertiary/aromatic N) is 5. The van der Waals surface area contributed by atoms with Crippen molar-refractivity contribution in [3.05, 3.63) is 163 Å². The SMILES string of the molecule is CC(C)(C)c1cccc(N2C=CN(c3cc(Oc4ccc5c(c4)n(-c4cc(C(C)(C)C)ccn4)c4c6ccccc6n(-c6ccccc6)c54)cc(C(C)(C)C)c3)C2)c1. The van der Waals surface area contributed by atoms with Gasteiger partial charge in [0.25, 0.3) is 0 Å². The van der Waals surface area contributed by atoms with Crippen LogP contribution in [0.15, 0.2) is 146 Å². The van der Waals surface area contributed by atoms with Crippen LogP contribution in [0.4, 0.5) is 11.4 Å². The lowest BCUT2D eigenvalue weighted by Gasteiger charge is -2.26. The van der Waals surface area contributed by atoms with Crippen molar-refractivity contribution in [3.63, 3.8) is 0 Å². The second-order valence-corrected chi connectivity index (χ2v) is 18.8. The van der Waals surface area contributed by atoms with Crippen LogP contribution >= 0.6 is 0 Å². The Morgan fingerprint density at radius 2 is 1.09 bits per heavy atom. The van der Waals surface area contributed by atoms with Crippen molar-refractivity contribution in [1.82, 2.24) is 14.1 Å². The molecular weight excluding hydrogens is 711 g/mol. The zero-order valence-corrected chi connectivity index (χ0v) is 35.2. The van der Waals surface area contributed by atoms with Crippen molar-refractivity contribution < 1.29 is 4.74 Å². The van der Waals surface area contributed by atoms with Crippen LogP contribution in [0.3, 0.4) is 0 Å². The smallest absolute Gasteiger partial charge is 0.137 e. The lowest BCUT2D eigenvalue weighted by molar-refractivity contribution is 0.479. The first-order chi connectivity index (χ1) is 27.6. The molecule has 0 spiro atoms. The van der Waals surface area contributed by atoms with Crippen molar-refractivity contribution in [2.45, 2.75) is 78.6 Å². The fraction of sp³-hybridized carbons (Fsp3) is 0.250. The molecule has 8 aromatic rings. The standard InChI is InChI=1S/C52H53N5O/c1-50(2,3)35-16-15-19-39(28-35)54-26-27-55(34-54)40-29-37(52(7,8)9)30-42(32-40)58-41-22-23-44-46(33-41)57(47-31-36(24-25-53-47)51(4,5)6)49-43-20-13-14-21-45(43)56(48(44)49)38-17-11-10-12-18-38/h10-33H,34H2,1-9H3. The lowest BCUT2D eigenvalue weighted by Crippen LogP contribution is -2.25. The van der Waals surface area contributed by atoms with Crippen LogP contribution < -0.4 is 14.5 Å². The van der Waals surface area contributed by atoms with Crippen LogP contribution in [0.2, 0.25) is 0 Å². The molecule has 0 bridgehead atoms. The highest BCUT2D eigenvalue weighted by atomic mass is 16.5. The summed E-state index contributed by atoms with van der Waals surface area (Å²) in [7, 11) is 0. The van der Waals surface area contributed by atoms with Gasteiger partial charge in [-0.15, -0.1) is 0 Å². The predicted molar refractivity (Wildman–Crippen MR) is 243 cm³/mol. The Balaban J connectivity index is 1.17. The predicted octanol–water partition coefficient (Wildman–Crippen LogP) is 13.6. The van der Waals surface area contributed by atoms with Crippen LogP contribution in [0.1, 0.15) is 79.0 Å². The number of rotatable bonds is 6. The first kappa shape index (κ1) is 37.3. The molecule has 0 N–H and O–H groups in total. The molecule has 1 aliphatic rings. The molecule has 5 aromatic carbocycles. The highest BCUT2D eigenvalue weighted by Gasteiger charge is 2.26. The summed E-state index contributed by atoms with van der Waals surface area (Å²) in [5.41, 5.74) is 11.6. The van der Waals surface area contributed by atoms with Crippen LogP contribution in [-0.4, -0.2) is 20.8 Å². The highest BCUT2D eigenvalue weighted by Crippen LogP contribution is 2.43. The minimum atomic E-state index is -0.0875. The molecule has 3 aromatic heterocycles. The van der Waals surface area contributed by atoms with Crippen molar-refractivity contribution in [2.24, 2.45) is 0 Å². The molecule has 0 fully saturated rings. The summed E-state index contributed by atoms with van der Waals surface area (Å²) in [6.45, 7) is 21.0. The number of anilines is 2. The molecule has 58 heavy (non-hydrogen) atoms. The minimum absolute atomic E-state index is 0.0418. The van der Waals surface area contributed by atoms with Gasteiger partial charge >= 0.3 is 0 Å². The molecule has 6 nitrogen and oxygen atoms in total. The molecule has 4 heterocycles. The summed E-state index contributed by atoms with van der Waals surface area (Å²) >= 11 is 0. The van der Waals surface area contributed by atoms with Crippen LogP contribution in [0.25, 0.3) is 44.3 Å². The zero-order valence-electron chi connectivity index (χ0n) is 35.2. The molecule has 0 unspecified atom stereocenters. The molecule has 292 valence electrons. The maximum absolute atomic E-state index is 6.93. The van der Waals surface area contributed by atoms with Gasteiger partial charge in [0.05, 0.1) is 28.7 Å². The molecule has 0 amide bonds. The van der Waals surface area contributed by atoms with Crippen molar-refractivity contribution in [2.75, 3.05) is 16.5 Å². The van der Waals surface area contributed by atoms with Gasteiger partial charge in [0.15, 0.2) is 0 Å². The summed E-state index contributed by atoms with van der Waals surface area (Å²) in [4.78, 5) is 9.64. The summed E-state index contributed by atoms with van der Waals surface area (Å²) in [6.07, 6.45) is 6.29. The van der Waals surface area contributed by atoms with E-state index in [2.05, 4.69) is 221 Å². The Hall–Kier alpha value is -6.27. The van der Waals surface area contributed by atoms with E-state index in [4.69, 9.17) is 9.72 Å². The largest absolute Gasteiger partial charge is 0.457 e. The fourth-order valence-electron chi connectivity index (χ4n) is 8.15. The molecule has 0 saturated carbocycles. The van der Waals surface area contributed by atoms with E-state index in [0.717, 1.165) is 56.1 Å². The summed E-state index contributed by atoms with van der Waals surface area (Å²) < 4.78 is 11.7. The molecule has 0 saturated heterocycles. The Labute approximate surface area is 342 Å². The second-order valence-electron chi connectivity index (χ2n) is 18.8. The number of hydrogen-bond donors (Lipinski definition) is 0. The van der Waals surface area contributed by atoms with Gasteiger partial charge in [0, 0.05) is 58.6 Å². The number of aromatic nitrogens is 3. The maximum atomic E-state index is 6.93. The number of ether oxygens (including phenoxy) is 1. The normalized spacial score (nSPS) is 13.7. The van der Waals surface area contributed by atoms with E-state index in [-0.39, 0.29) is 16.2 Å². The van der Waals surface area contributed by atoms with E-state index >= 15 is 0 Å². The Kier molecular flexibility index (Phi) is 8.81. The van der Waals surface area contributed by atoms with Crippen molar-refractivity contribution >= 4 is 44.2 Å². The topological polar surface area (TPSA) is 38.5 Å². The first-order valence-corrected chi connectivity index (χ1v) is 20.4. The third kappa shape index (κ3) is 6.70. The molecule has 6 heteroatoms. The summed E-state index contributed by atoms with van der Waals surface area (Å²) in [5, 5.41) is 2.30. The minimum Gasteiger partial charge on any atom is -0.457 e. The van der Waals surface area contributed by atoms with Crippen molar-refractivity contribution in [1.29, 1.82) is 0 Å². The second kappa shape index (κ2) is 13.7.